The van der Waals surface area contributed by atoms with Gasteiger partial charge < -0.3 is 14.6 Å². The molecule has 218 valence electrons. The minimum absolute atomic E-state index is 0.0363. The van der Waals surface area contributed by atoms with Crippen LogP contribution in [0.3, 0.4) is 0 Å². The van der Waals surface area contributed by atoms with Gasteiger partial charge in [0.1, 0.15) is 5.75 Å². The Hall–Kier alpha value is -2.04. The lowest BCUT2D eigenvalue weighted by atomic mass is 9.57. The van der Waals surface area contributed by atoms with Crippen molar-refractivity contribution in [1.82, 2.24) is 14.2 Å². The molecule has 6 rings (SSSR count). The standard InChI is InChI=1S/C31H43N3O5S/c1-38-24-3-6-26(7-4-24)40(36,37)34-15-11-31(12-16-34)21-33(19-22-9-13-32-14-10-22)29(20-35)28-18-23-17-25(39-2)5-8-27(23)30(28)31/h3-4,6-7,9-10,13-14,23,25,27-30,35H,5,8,11-12,15-21H2,1-2H3/t23?,25?,27?,28?,29-,30?/m1/s1. The van der Waals surface area contributed by atoms with Crippen LogP contribution in [0.1, 0.15) is 44.1 Å². The molecule has 9 heteroatoms. The zero-order valence-corrected chi connectivity index (χ0v) is 24.5. The Labute approximate surface area is 238 Å². The van der Waals surface area contributed by atoms with Crippen molar-refractivity contribution in [2.24, 2.45) is 29.1 Å². The maximum atomic E-state index is 13.6. The van der Waals surface area contributed by atoms with Crippen LogP contribution in [0.25, 0.3) is 0 Å². The van der Waals surface area contributed by atoms with E-state index < -0.39 is 10.0 Å². The van der Waals surface area contributed by atoms with E-state index in [1.807, 2.05) is 19.5 Å². The highest BCUT2D eigenvalue weighted by molar-refractivity contribution is 7.89. The van der Waals surface area contributed by atoms with E-state index in [9.17, 15) is 13.5 Å². The number of ether oxygens (including phenoxy) is 2. The lowest BCUT2D eigenvalue weighted by Crippen LogP contribution is -2.62. The van der Waals surface area contributed by atoms with E-state index in [0.717, 1.165) is 45.2 Å². The molecule has 4 fully saturated rings. The molecule has 2 aliphatic heterocycles. The van der Waals surface area contributed by atoms with Gasteiger partial charge >= 0.3 is 0 Å². The summed E-state index contributed by atoms with van der Waals surface area (Å²) in [7, 11) is -0.159. The molecule has 2 saturated carbocycles. The highest BCUT2D eigenvalue weighted by Crippen LogP contribution is 2.62. The number of nitrogens with zero attached hydrogens (tertiary/aromatic N) is 3. The number of benzene rings is 1. The zero-order chi connectivity index (χ0) is 27.9. The first-order valence-corrected chi connectivity index (χ1v) is 16.2. The van der Waals surface area contributed by atoms with Crippen molar-refractivity contribution in [3.63, 3.8) is 0 Å². The minimum atomic E-state index is -3.58. The molecule has 1 aromatic carbocycles. The maximum absolute atomic E-state index is 13.6. The summed E-state index contributed by atoms with van der Waals surface area (Å²) in [5.74, 6) is 2.80. The SMILES string of the molecule is COc1ccc(S(=O)(=O)N2CCC3(CC2)CN(Cc2ccncc2)[C@H](CO)C2CC4CC(OC)CCC4C23)cc1. The Morgan fingerprint density at radius 2 is 1.73 bits per heavy atom. The monoisotopic (exact) mass is 569 g/mol. The molecular formula is C31H43N3O5S. The molecule has 6 atom stereocenters. The Kier molecular flexibility index (Phi) is 7.96. The van der Waals surface area contributed by atoms with E-state index in [0.29, 0.717) is 53.5 Å². The average molecular weight is 570 g/mol. The van der Waals surface area contributed by atoms with E-state index in [4.69, 9.17) is 9.47 Å². The van der Waals surface area contributed by atoms with Crippen LogP contribution in [0, 0.1) is 29.1 Å². The van der Waals surface area contributed by atoms with Gasteiger partial charge in [0.05, 0.1) is 24.7 Å². The van der Waals surface area contributed by atoms with E-state index in [-0.39, 0.29) is 18.1 Å². The molecule has 4 aliphatic rings. The normalized spacial score (nSPS) is 32.5. The number of rotatable bonds is 7. The first-order chi connectivity index (χ1) is 19.4. The third kappa shape index (κ3) is 4.98. The molecule has 5 unspecified atom stereocenters. The number of sulfonamides is 1. The van der Waals surface area contributed by atoms with Crippen molar-refractivity contribution in [3.05, 3.63) is 54.4 Å². The number of fused-ring (bicyclic) bond motifs is 4. The number of pyridine rings is 1. The van der Waals surface area contributed by atoms with Gasteiger partial charge in [0.15, 0.2) is 0 Å². The Bertz CT molecular complexity index is 1250. The predicted octanol–water partition coefficient (Wildman–Crippen LogP) is 3.81. The second-order valence-electron chi connectivity index (χ2n) is 12.5. The molecule has 8 nitrogen and oxygen atoms in total. The summed E-state index contributed by atoms with van der Waals surface area (Å²) in [6.07, 6.45) is 10.2. The summed E-state index contributed by atoms with van der Waals surface area (Å²) in [6, 6.07) is 11.0. The van der Waals surface area contributed by atoms with Crippen LogP contribution in [-0.4, -0.2) is 80.3 Å². The van der Waals surface area contributed by atoms with E-state index in [2.05, 4.69) is 22.0 Å². The number of methoxy groups -OCH3 is 2. The quantitative estimate of drug-likeness (QED) is 0.542. The Balaban J connectivity index is 1.28. The third-order valence-electron chi connectivity index (χ3n) is 10.7. The number of hydrogen-bond donors (Lipinski definition) is 1. The summed E-state index contributed by atoms with van der Waals surface area (Å²) in [5.41, 5.74) is 1.24. The van der Waals surface area contributed by atoms with Crippen molar-refractivity contribution in [1.29, 1.82) is 0 Å². The summed E-state index contributed by atoms with van der Waals surface area (Å²) in [5, 5.41) is 10.7. The van der Waals surface area contributed by atoms with Crippen LogP contribution in [0.4, 0.5) is 0 Å². The van der Waals surface area contributed by atoms with Crippen LogP contribution < -0.4 is 4.74 Å². The summed E-state index contributed by atoms with van der Waals surface area (Å²) < 4.78 is 39.9. The Morgan fingerprint density at radius 3 is 2.38 bits per heavy atom. The third-order valence-corrected chi connectivity index (χ3v) is 12.7. The van der Waals surface area contributed by atoms with E-state index in [1.165, 1.54) is 12.0 Å². The van der Waals surface area contributed by atoms with Crippen LogP contribution in [0.2, 0.25) is 0 Å². The van der Waals surface area contributed by atoms with Crippen LogP contribution in [0.15, 0.2) is 53.7 Å². The fraction of sp³-hybridized carbons (Fsp3) is 0.645. The fourth-order valence-electron chi connectivity index (χ4n) is 8.93. The van der Waals surface area contributed by atoms with Gasteiger partial charge in [-0.25, -0.2) is 8.42 Å². The van der Waals surface area contributed by atoms with Crippen molar-refractivity contribution in [3.8, 4) is 5.75 Å². The topological polar surface area (TPSA) is 92.2 Å². The van der Waals surface area contributed by atoms with Gasteiger partial charge in [-0.05, 0) is 110 Å². The first kappa shape index (κ1) is 28.1. The van der Waals surface area contributed by atoms with Crippen LogP contribution in [-0.2, 0) is 21.3 Å². The van der Waals surface area contributed by atoms with Crippen LogP contribution in [0.5, 0.6) is 5.75 Å². The van der Waals surface area contributed by atoms with Gasteiger partial charge in [-0.3, -0.25) is 9.88 Å². The van der Waals surface area contributed by atoms with Crippen molar-refractivity contribution in [2.45, 2.75) is 62.1 Å². The smallest absolute Gasteiger partial charge is 0.243 e. The highest BCUT2D eigenvalue weighted by Gasteiger charge is 2.61. The van der Waals surface area contributed by atoms with Gasteiger partial charge in [-0.2, -0.15) is 4.31 Å². The Morgan fingerprint density at radius 1 is 1.00 bits per heavy atom. The molecule has 40 heavy (non-hydrogen) atoms. The summed E-state index contributed by atoms with van der Waals surface area (Å²) in [6.45, 7) is 2.90. The largest absolute Gasteiger partial charge is 0.497 e. The number of piperidine rings is 2. The summed E-state index contributed by atoms with van der Waals surface area (Å²) in [4.78, 5) is 7.03. The lowest BCUT2D eigenvalue weighted by Gasteiger charge is -2.58. The second-order valence-corrected chi connectivity index (χ2v) is 14.4. The molecule has 3 heterocycles. The molecule has 2 aromatic rings. The first-order valence-electron chi connectivity index (χ1n) is 14.8. The van der Waals surface area contributed by atoms with Crippen molar-refractivity contribution < 1.29 is 23.0 Å². The molecule has 2 aliphatic carbocycles. The molecular weight excluding hydrogens is 526 g/mol. The molecule has 1 spiro atoms. The number of hydrogen-bond acceptors (Lipinski definition) is 7. The predicted molar refractivity (Wildman–Crippen MR) is 152 cm³/mol. The second kappa shape index (κ2) is 11.3. The van der Waals surface area contributed by atoms with Gasteiger partial charge in [0, 0.05) is 51.7 Å². The molecule has 0 radical (unpaired) electrons. The molecule has 2 saturated heterocycles. The molecule has 1 N–H and O–H groups in total. The maximum Gasteiger partial charge on any atom is 0.243 e. The van der Waals surface area contributed by atoms with E-state index >= 15 is 0 Å². The van der Waals surface area contributed by atoms with Gasteiger partial charge in [-0.15, -0.1) is 0 Å². The van der Waals surface area contributed by atoms with Crippen molar-refractivity contribution in [2.75, 3.05) is 40.5 Å². The minimum Gasteiger partial charge on any atom is -0.497 e. The van der Waals surface area contributed by atoms with E-state index in [1.54, 1.807) is 35.7 Å². The number of aromatic nitrogens is 1. The zero-order valence-electron chi connectivity index (χ0n) is 23.7. The van der Waals surface area contributed by atoms with Gasteiger partial charge in [0.2, 0.25) is 10.0 Å². The van der Waals surface area contributed by atoms with Gasteiger partial charge in [0.25, 0.3) is 0 Å². The van der Waals surface area contributed by atoms with Gasteiger partial charge in [-0.1, -0.05) is 0 Å². The highest BCUT2D eigenvalue weighted by atomic mass is 32.2. The van der Waals surface area contributed by atoms with Crippen LogP contribution >= 0.6 is 0 Å². The average Bonchev–Trinajstić information content (AvgIpc) is 3.37. The summed E-state index contributed by atoms with van der Waals surface area (Å²) >= 11 is 0. The molecule has 1 aromatic heterocycles. The van der Waals surface area contributed by atoms with Crippen molar-refractivity contribution >= 4 is 10.0 Å². The lowest BCUT2D eigenvalue weighted by molar-refractivity contribution is -0.104. The molecule has 0 amide bonds. The number of likely N-dealkylation sites (tertiary alicyclic amines) is 1. The fourth-order valence-corrected chi connectivity index (χ4v) is 10.4. The number of aliphatic hydroxyl groups is 1. The number of aliphatic hydroxyl groups excluding tert-OH is 1. The molecule has 0 bridgehead atoms.